The number of nitrogens with zero attached hydrogens (tertiary/aromatic N) is 1. The average molecular weight is 327 g/mol. The van der Waals surface area contributed by atoms with Gasteiger partial charge < -0.3 is 9.88 Å². The number of hydrogen-bond acceptors (Lipinski definition) is 2. The van der Waals surface area contributed by atoms with Gasteiger partial charge in [0.05, 0.1) is 5.52 Å². The molecule has 116 valence electrons. The summed E-state index contributed by atoms with van der Waals surface area (Å²) < 4.78 is 1.75. The van der Waals surface area contributed by atoms with E-state index in [9.17, 15) is 9.59 Å². The summed E-state index contributed by atoms with van der Waals surface area (Å²) in [7, 11) is 1.79. The third-order valence-corrected chi connectivity index (χ3v) is 3.91. The molecule has 0 unspecified atom stereocenters. The molecule has 0 radical (unpaired) electrons. The molecule has 0 aliphatic rings. The number of carbonyl (C=O) groups excluding carboxylic acids is 1. The van der Waals surface area contributed by atoms with Crippen LogP contribution in [0.25, 0.3) is 10.9 Å². The lowest BCUT2D eigenvalue weighted by Crippen LogP contribution is -2.23. The molecule has 1 aromatic heterocycles. The van der Waals surface area contributed by atoms with Crippen LogP contribution in [0.3, 0.4) is 0 Å². The van der Waals surface area contributed by atoms with E-state index in [1.165, 1.54) is 0 Å². The van der Waals surface area contributed by atoms with E-state index < -0.39 is 5.91 Å². The third kappa shape index (κ3) is 2.98. The molecular weight excluding hydrogens is 312 g/mol. The van der Waals surface area contributed by atoms with Crippen molar-refractivity contribution in [2.24, 2.45) is 7.05 Å². The third-order valence-electron chi connectivity index (χ3n) is 3.67. The van der Waals surface area contributed by atoms with Crippen LogP contribution in [0.15, 0.2) is 53.5 Å². The minimum absolute atomic E-state index is 0.0868. The van der Waals surface area contributed by atoms with Gasteiger partial charge in [-0.1, -0.05) is 23.7 Å². The maximum atomic E-state index is 12.6. The number of pyridine rings is 1. The second-order valence-electron chi connectivity index (χ2n) is 5.47. The van der Waals surface area contributed by atoms with E-state index in [1.807, 2.05) is 25.1 Å². The van der Waals surface area contributed by atoms with Crippen LogP contribution in [-0.4, -0.2) is 10.5 Å². The first-order valence-electron chi connectivity index (χ1n) is 7.12. The molecule has 2 aromatic carbocycles. The van der Waals surface area contributed by atoms with Crippen molar-refractivity contribution in [1.29, 1.82) is 0 Å². The Bertz CT molecular complexity index is 976. The summed E-state index contributed by atoms with van der Waals surface area (Å²) in [4.78, 5) is 25.1. The van der Waals surface area contributed by atoms with E-state index in [0.717, 1.165) is 11.1 Å². The lowest BCUT2D eigenvalue weighted by molar-refractivity contribution is 0.102. The first kappa shape index (κ1) is 15.3. The highest BCUT2D eigenvalue weighted by Crippen LogP contribution is 2.17. The van der Waals surface area contributed by atoms with Gasteiger partial charge in [0, 0.05) is 29.3 Å². The number of halogens is 1. The highest BCUT2D eigenvalue weighted by Gasteiger charge is 2.15. The largest absolute Gasteiger partial charge is 0.350 e. The predicted octanol–water partition coefficient (Wildman–Crippen LogP) is 3.75. The molecule has 5 heteroatoms. The zero-order valence-electron chi connectivity index (χ0n) is 12.8. The van der Waals surface area contributed by atoms with Gasteiger partial charge in [0.2, 0.25) is 5.43 Å². The number of aryl methyl sites for hydroxylation is 2. The number of amides is 1. The lowest BCUT2D eigenvalue weighted by atomic mass is 10.1. The molecular formula is C18H15ClN2O2. The maximum absolute atomic E-state index is 12.6. The van der Waals surface area contributed by atoms with Crippen molar-refractivity contribution in [1.82, 2.24) is 4.57 Å². The number of fused-ring (bicyclic) bond motifs is 1. The van der Waals surface area contributed by atoms with Gasteiger partial charge in [0.1, 0.15) is 5.56 Å². The van der Waals surface area contributed by atoms with E-state index in [-0.39, 0.29) is 11.0 Å². The van der Waals surface area contributed by atoms with Gasteiger partial charge in [0.15, 0.2) is 0 Å². The topological polar surface area (TPSA) is 51.1 Å². The van der Waals surface area contributed by atoms with Crippen LogP contribution in [0.4, 0.5) is 5.69 Å². The number of aromatic nitrogens is 1. The Morgan fingerprint density at radius 2 is 1.96 bits per heavy atom. The quantitative estimate of drug-likeness (QED) is 0.779. The minimum atomic E-state index is -0.432. The Hall–Kier alpha value is -2.59. The molecule has 0 bridgehead atoms. The second-order valence-corrected chi connectivity index (χ2v) is 5.90. The van der Waals surface area contributed by atoms with Crippen LogP contribution >= 0.6 is 11.6 Å². The Morgan fingerprint density at radius 3 is 2.70 bits per heavy atom. The highest BCUT2D eigenvalue weighted by atomic mass is 35.5. The Balaban J connectivity index is 2.07. The number of hydrogen-bond donors (Lipinski definition) is 1. The van der Waals surface area contributed by atoms with Crippen molar-refractivity contribution < 1.29 is 4.79 Å². The van der Waals surface area contributed by atoms with E-state index in [4.69, 9.17) is 11.6 Å². The summed E-state index contributed by atoms with van der Waals surface area (Å²) in [6.07, 6.45) is 1.55. The van der Waals surface area contributed by atoms with Crippen LogP contribution in [0.5, 0.6) is 0 Å². The predicted molar refractivity (Wildman–Crippen MR) is 93.3 cm³/mol. The summed E-state index contributed by atoms with van der Waals surface area (Å²) in [5.41, 5.74) is 2.17. The van der Waals surface area contributed by atoms with Crippen molar-refractivity contribution in [2.45, 2.75) is 6.92 Å². The molecule has 4 nitrogen and oxygen atoms in total. The van der Waals surface area contributed by atoms with Crippen LogP contribution in [0.1, 0.15) is 15.9 Å². The van der Waals surface area contributed by atoms with Crippen molar-refractivity contribution in [3.05, 3.63) is 75.0 Å². The Morgan fingerprint density at radius 1 is 1.17 bits per heavy atom. The molecule has 1 amide bonds. The Kier molecular flexibility index (Phi) is 3.92. The van der Waals surface area contributed by atoms with Crippen molar-refractivity contribution in [2.75, 3.05) is 5.32 Å². The molecule has 3 aromatic rings. The van der Waals surface area contributed by atoms with Crippen LogP contribution in [0, 0.1) is 6.92 Å². The number of nitrogens with one attached hydrogen (secondary N) is 1. The summed E-state index contributed by atoms with van der Waals surface area (Å²) in [6, 6.07) is 12.5. The van der Waals surface area contributed by atoms with Crippen LogP contribution in [-0.2, 0) is 7.05 Å². The lowest BCUT2D eigenvalue weighted by Gasteiger charge is -2.10. The fraction of sp³-hybridized carbons (Fsp3) is 0.111. The summed E-state index contributed by atoms with van der Waals surface area (Å²) >= 11 is 5.97. The molecule has 0 fully saturated rings. The second kappa shape index (κ2) is 5.89. The van der Waals surface area contributed by atoms with Gasteiger partial charge in [-0.05, 0) is 42.8 Å². The van der Waals surface area contributed by atoms with Gasteiger partial charge in [-0.2, -0.15) is 0 Å². The molecule has 3 rings (SSSR count). The van der Waals surface area contributed by atoms with E-state index in [2.05, 4.69) is 5.32 Å². The summed E-state index contributed by atoms with van der Waals surface area (Å²) in [5, 5.41) is 3.65. The van der Waals surface area contributed by atoms with Gasteiger partial charge in [-0.15, -0.1) is 0 Å². The van der Waals surface area contributed by atoms with Crippen LogP contribution in [0.2, 0.25) is 5.02 Å². The first-order valence-corrected chi connectivity index (χ1v) is 7.50. The minimum Gasteiger partial charge on any atom is -0.350 e. The Labute approximate surface area is 138 Å². The molecule has 23 heavy (non-hydrogen) atoms. The first-order chi connectivity index (χ1) is 11.0. The van der Waals surface area contributed by atoms with Crippen molar-refractivity contribution in [3.8, 4) is 0 Å². The smallest absolute Gasteiger partial charge is 0.261 e. The molecule has 0 aliphatic carbocycles. The van der Waals surface area contributed by atoms with Gasteiger partial charge in [-0.3, -0.25) is 9.59 Å². The molecule has 0 saturated carbocycles. The zero-order chi connectivity index (χ0) is 16.6. The van der Waals surface area contributed by atoms with Gasteiger partial charge in [0.25, 0.3) is 5.91 Å². The molecule has 0 aliphatic heterocycles. The average Bonchev–Trinajstić information content (AvgIpc) is 2.50. The fourth-order valence-corrected chi connectivity index (χ4v) is 2.72. The summed E-state index contributed by atoms with van der Waals surface area (Å²) in [5.74, 6) is -0.432. The maximum Gasteiger partial charge on any atom is 0.261 e. The molecule has 1 heterocycles. The summed E-state index contributed by atoms with van der Waals surface area (Å²) in [6.45, 7) is 1.94. The number of carbonyl (C=O) groups is 1. The molecule has 1 N–H and O–H groups in total. The van der Waals surface area contributed by atoms with Crippen LogP contribution < -0.4 is 10.7 Å². The van der Waals surface area contributed by atoms with Gasteiger partial charge in [-0.25, -0.2) is 0 Å². The monoisotopic (exact) mass is 326 g/mol. The number of rotatable bonds is 2. The number of anilines is 1. The van der Waals surface area contributed by atoms with Crippen molar-refractivity contribution in [3.63, 3.8) is 0 Å². The van der Waals surface area contributed by atoms with E-state index >= 15 is 0 Å². The van der Waals surface area contributed by atoms with Gasteiger partial charge >= 0.3 is 0 Å². The SMILES string of the molecule is Cc1cccc(NC(=O)c2cn(C)c3ccc(Cl)cc3c2=O)c1. The van der Waals surface area contributed by atoms with E-state index in [1.54, 1.807) is 42.1 Å². The normalized spacial score (nSPS) is 10.7. The molecule has 0 spiro atoms. The standard InChI is InChI=1S/C18H15ClN2O2/c1-11-4-3-5-13(8-11)20-18(23)15-10-21(2)16-7-6-12(19)9-14(16)17(15)22/h3-10H,1-2H3,(H,20,23). The molecule has 0 atom stereocenters. The van der Waals surface area contributed by atoms with E-state index in [0.29, 0.717) is 16.1 Å². The highest BCUT2D eigenvalue weighted by molar-refractivity contribution is 6.31. The number of benzene rings is 2. The molecule has 0 saturated heterocycles. The van der Waals surface area contributed by atoms with Crippen molar-refractivity contribution >= 4 is 34.1 Å². The zero-order valence-corrected chi connectivity index (χ0v) is 13.5. The fourth-order valence-electron chi connectivity index (χ4n) is 2.55.